The molecule has 2 rings (SSSR count). The fourth-order valence-corrected chi connectivity index (χ4v) is 3.15. The highest BCUT2D eigenvalue weighted by Gasteiger charge is 2.15. The molecule has 0 radical (unpaired) electrons. The molecule has 0 heterocycles. The van der Waals surface area contributed by atoms with E-state index in [9.17, 15) is 9.59 Å². The van der Waals surface area contributed by atoms with Crippen molar-refractivity contribution in [2.45, 2.75) is 39.0 Å². The molecule has 0 aromatic heterocycles. The first-order chi connectivity index (χ1) is 12.2. The van der Waals surface area contributed by atoms with Crippen LogP contribution in [0.4, 0.5) is 5.69 Å². The zero-order valence-corrected chi connectivity index (χ0v) is 16.6. The second-order valence-corrected chi connectivity index (χ2v) is 8.30. The van der Waals surface area contributed by atoms with E-state index in [1.165, 1.54) is 11.1 Å². The van der Waals surface area contributed by atoms with Gasteiger partial charge in [0.2, 0.25) is 5.91 Å². The third-order valence-corrected chi connectivity index (χ3v) is 4.51. The van der Waals surface area contributed by atoms with Gasteiger partial charge in [-0.3, -0.25) is 9.59 Å². The zero-order valence-electron chi connectivity index (χ0n) is 15.8. The van der Waals surface area contributed by atoms with Crippen molar-refractivity contribution in [2.24, 2.45) is 0 Å². The summed E-state index contributed by atoms with van der Waals surface area (Å²) in [4.78, 5) is 24.2. The molecule has 0 fully saturated rings. The summed E-state index contributed by atoms with van der Waals surface area (Å²) in [5.41, 5.74) is 3.43. The minimum absolute atomic E-state index is 0.0467. The van der Waals surface area contributed by atoms with Crippen molar-refractivity contribution in [3.05, 3.63) is 65.2 Å². The van der Waals surface area contributed by atoms with E-state index in [2.05, 4.69) is 35.8 Å². The van der Waals surface area contributed by atoms with Gasteiger partial charge in [0.15, 0.2) is 0 Å². The highest BCUT2D eigenvalue weighted by atomic mass is 32.2. The lowest BCUT2D eigenvalue weighted by Gasteiger charge is -2.20. The van der Waals surface area contributed by atoms with Crippen LogP contribution >= 0.6 is 11.8 Å². The summed E-state index contributed by atoms with van der Waals surface area (Å²) in [7, 11) is 0. The number of aryl methyl sites for hydroxylation is 1. The molecule has 2 amide bonds. The van der Waals surface area contributed by atoms with Gasteiger partial charge in [0, 0.05) is 22.5 Å². The number of nitrogens with one attached hydrogen (secondary N) is 2. The lowest BCUT2D eigenvalue weighted by molar-refractivity contribution is -0.113. The minimum Gasteiger partial charge on any atom is -0.347 e. The van der Waals surface area contributed by atoms with E-state index in [0.717, 1.165) is 5.75 Å². The lowest BCUT2D eigenvalue weighted by atomic mass is 10.1. The van der Waals surface area contributed by atoms with Crippen LogP contribution in [-0.2, 0) is 10.5 Å². The monoisotopic (exact) mass is 370 g/mol. The van der Waals surface area contributed by atoms with Gasteiger partial charge in [-0.25, -0.2) is 0 Å². The van der Waals surface area contributed by atoms with Gasteiger partial charge in [0.25, 0.3) is 5.91 Å². The molecule has 26 heavy (non-hydrogen) atoms. The molecule has 4 nitrogen and oxygen atoms in total. The van der Waals surface area contributed by atoms with Crippen molar-refractivity contribution in [3.63, 3.8) is 0 Å². The minimum atomic E-state index is -0.279. The Labute approximate surface area is 159 Å². The van der Waals surface area contributed by atoms with E-state index >= 15 is 0 Å². The first kappa shape index (κ1) is 20.0. The van der Waals surface area contributed by atoms with Crippen LogP contribution in [0.3, 0.4) is 0 Å². The van der Waals surface area contributed by atoms with Gasteiger partial charge in [-0.1, -0.05) is 29.8 Å². The van der Waals surface area contributed by atoms with Crippen LogP contribution in [0.1, 0.15) is 42.3 Å². The van der Waals surface area contributed by atoms with Crippen molar-refractivity contribution >= 4 is 29.3 Å². The molecule has 0 unspecified atom stereocenters. The smallest absolute Gasteiger partial charge is 0.251 e. The van der Waals surface area contributed by atoms with Crippen LogP contribution in [-0.4, -0.2) is 23.1 Å². The Hall–Kier alpha value is -2.27. The molecule has 0 atom stereocenters. The number of carbonyl (C=O) groups excluding carboxylic acids is 2. The number of rotatable bonds is 6. The fourth-order valence-electron chi connectivity index (χ4n) is 2.38. The van der Waals surface area contributed by atoms with Crippen molar-refractivity contribution < 1.29 is 9.59 Å². The van der Waals surface area contributed by atoms with E-state index < -0.39 is 0 Å². The predicted octanol–water partition coefficient (Wildman–Crippen LogP) is 4.40. The second kappa shape index (κ2) is 8.90. The molecule has 0 bridgehead atoms. The van der Waals surface area contributed by atoms with E-state index in [1.807, 2.05) is 26.8 Å². The Kier molecular flexibility index (Phi) is 6.86. The third kappa shape index (κ3) is 6.92. The Morgan fingerprint density at radius 1 is 1.04 bits per heavy atom. The van der Waals surface area contributed by atoms with Crippen LogP contribution < -0.4 is 10.6 Å². The van der Waals surface area contributed by atoms with Crippen molar-refractivity contribution in [3.8, 4) is 0 Å². The first-order valence-electron chi connectivity index (χ1n) is 8.59. The molecule has 0 saturated carbocycles. The number of hydrogen-bond acceptors (Lipinski definition) is 3. The second-order valence-electron chi connectivity index (χ2n) is 7.31. The van der Waals surface area contributed by atoms with Crippen molar-refractivity contribution in [1.29, 1.82) is 0 Å². The van der Waals surface area contributed by atoms with Crippen LogP contribution in [0.5, 0.6) is 0 Å². The first-order valence-corrected chi connectivity index (χ1v) is 9.74. The molecule has 2 N–H and O–H groups in total. The standard InChI is InChI=1S/C21H26N2O2S/c1-15-6-5-7-16(12-15)13-26-14-19(24)22-18-10-8-17(9-11-18)20(25)23-21(2,3)4/h5-12H,13-14H2,1-4H3,(H,22,24)(H,23,25). The van der Waals surface area contributed by atoms with Crippen molar-refractivity contribution in [1.82, 2.24) is 5.32 Å². The molecule has 0 aliphatic carbocycles. The molecule has 0 spiro atoms. The van der Waals surface area contributed by atoms with E-state index in [4.69, 9.17) is 0 Å². The number of carbonyl (C=O) groups is 2. The lowest BCUT2D eigenvalue weighted by Crippen LogP contribution is -2.40. The number of amides is 2. The zero-order chi connectivity index (χ0) is 19.2. The SMILES string of the molecule is Cc1cccc(CSCC(=O)Nc2ccc(C(=O)NC(C)(C)C)cc2)c1. The molecular formula is C21H26N2O2S. The third-order valence-electron chi connectivity index (χ3n) is 3.50. The summed E-state index contributed by atoms with van der Waals surface area (Å²) < 4.78 is 0. The van der Waals surface area contributed by atoms with Gasteiger partial charge in [0.1, 0.15) is 0 Å². The maximum atomic E-state index is 12.1. The Morgan fingerprint density at radius 3 is 2.35 bits per heavy atom. The normalized spacial score (nSPS) is 11.1. The highest BCUT2D eigenvalue weighted by molar-refractivity contribution is 7.99. The van der Waals surface area contributed by atoms with Gasteiger partial charge in [-0.2, -0.15) is 0 Å². The molecule has 0 aliphatic heterocycles. The molecule has 5 heteroatoms. The van der Waals surface area contributed by atoms with Crippen LogP contribution in [0.25, 0.3) is 0 Å². The van der Waals surface area contributed by atoms with Gasteiger partial charge in [-0.05, 0) is 57.5 Å². The quantitative estimate of drug-likeness (QED) is 0.792. The van der Waals surface area contributed by atoms with Crippen LogP contribution in [0.2, 0.25) is 0 Å². The van der Waals surface area contributed by atoms with Crippen LogP contribution in [0, 0.1) is 6.92 Å². The average Bonchev–Trinajstić information content (AvgIpc) is 2.54. The number of thioether (sulfide) groups is 1. The fraction of sp³-hybridized carbons (Fsp3) is 0.333. The summed E-state index contributed by atoms with van der Waals surface area (Å²) in [6.45, 7) is 7.88. The Morgan fingerprint density at radius 2 is 1.73 bits per heavy atom. The maximum Gasteiger partial charge on any atom is 0.251 e. The van der Waals surface area contributed by atoms with E-state index in [1.54, 1.807) is 36.0 Å². The van der Waals surface area contributed by atoms with Gasteiger partial charge < -0.3 is 10.6 Å². The predicted molar refractivity (Wildman–Crippen MR) is 110 cm³/mol. The molecule has 0 aliphatic rings. The molecule has 0 saturated heterocycles. The molecule has 2 aromatic rings. The summed E-state index contributed by atoms with van der Waals surface area (Å²) >= 11 is 1.58. The van der Waals surface area contributed by atoms with E-state index in [-0.39, 0.29) is 17.4 Å². The molecule has 2 aromatic carbocycles. The Balaban J connectivity index is 1.81. The topological polar surface area (TPSA) is 58.2 Å². The highest BCUT2D eigenvalue weighted by Crippen LogP contribution is 2.15. The van der Waals surface area contributed by atoms with Crippen molar-refractivity contribution in [2.75, 3.05) is 11.1 Å². The number of hydrogen-bond donors (Lipinski definition) is 2. The van der Waals surface area contributed by atoms with Gasteiger partial charge >= 0.3 is 0 Å². The van der Waals surface area contributed by atoms with Gasteiger partial charge in [-0.15, -0.1) is 11.8 Å². The summed E-state index contributed by atoms with van der Waals surface area (Å²) in [6.07, 6.45) is 0. The molecule has 138 valence electrons. The van der Waals surface area contributed by atoms with Crippen LogP contribution in [0.15, 0.2) is 48.5 Å². The summed E-state index contributed by atoms with van der Waals surface area (Å²) in [5.74, 6) is 1.03. The largest absolute Gasteiger partial charge is 0.347 e. The number of benzene rings is 2. The summed E-state index contributed by atoms with van der Waals surface area (Å²) in [6, 6.07) is 15.2. The summed E-state index contributed by atoms with van der Waals surface area (Å²) in [5, 5.41) is 5.78. The average molecular weight is 371 g/mol. The van der Waals surface area contributed by atoms with E-state index in [0.29, 0.717) is 17.0 Å². The maximum absolute atomic E-state index is 12.1. The van der Waals surface area contributed by atoms with Gasteiger partial charge in [0.05, 0.1) is 5.75 Å². The molecular weight excluding hydrogens is 344 g/mol. The Bertz CT molecular complexity index is 764. The number of anilines is 1.